The topological polar surface area (TPSA) is 33.2 Å². The number of amides is 1. The van der Waals surface area contributed by atoms with Crippen LogP contribution in [0.25, 0.3) is 16.3 Å². The molecule has 0 fully saturated rings. The summed E-state index contributed by atoms with van der Waals surface area (Å²) in [4.78, 5) is 18.4. The monoisotopic (exact) mass is 300 g/mol. The predicted octanol–water partition coefficient (Wildman–Crippen LogP) is 4.06. The van der Waals surface area contributed by atoms with Gasteiger partial charge in [-0.3, -0.25) is 9.78 Å². The summed E-state index contributed by atoms with van der Waals surface area (Å²) in [6, 6.07) is 18.3. The van der Waals surface area contributed by atoms with Gasteiger partial charge in [-0.25, -0.2) is 0 Å². The van der Waals surface area contributed by atoms with Crippen molar-refractivity contribution >= 4 is 27.9 Å². The Morgan fingerprint density at radius 3 is 2.52 bits per heavy atom. The van der Waals surface area contributed by atoms with E-state index >= 15 is 0 Å². The van der Waals surface area contributed by atoms with Gasteiger partial charge in [-0.2, -0.15) is 0 Å². The zero-order valence-electron chi connectivity index (χ0n) is 12.6. The first-order valence-corrected chi connectivity index (χ1v) is 7.73. The lowest BCUT2D eigenvalue weighted by atomic mass is 9.94. The molecule has 1 amide bonds. The van der Waals surface area contributed by atoms with E-state index in [-0.39, 0.29) is 5.91 Å². The zero-order valence-corrected chi connectivity index (χ0v) is 12.6. The second-order valence-corrected chi connectivity index (χ2v) is 5.64. The standard InChI is InChI=1S/C20H16N2O/c23-20-14-16(10-13-22(20)17-8-11-21-12-9-17)19-7-3-5-15-4-1-2-6-18(15)19/h1-9,11-12,14H,10,13H2. The van der Waals surface area contributed by atoms with Crippen molar-refractivity contribution in [1.82, 2.24) is 4.98 Å². The first kappa shape index (κ1) is 13.7. The van der Waals surface area contributed by atoms with Gasteiger partial charge in [-0.15, -0.1) is 0 Å². The fourth-order valence-corrected chi connectivity index (χ4v) is 3.14. The van der Waals surface area contributed by atoms with E-state index in [0.717, 1.165) is 23.2 Å². The first-order chi connectivity index (χ1) is 11.3. The fraction of sp³-hybridized carbons (Fsp3) is 0.100. The molecular formula is C20H16N2O. The summed E-state index contributed by atoms with van der Waals surface area (Å²) in [5.41, 5.74) is 3.17. The van der Waals surface area contributed by atoms with Crippen LogP contribution < -0.4 is 4.90 Å². The van der Waals surface area contributed by atoms with Gasteiger partial charge in [-0.05, 0) is 40.5 Å². The number of nitrogens with zero attached hydrogens (tertiary/aromatic N) is 2. The summed E-state index contributed by atoms with van der Waals surface area (Å²) in [6.45, 7) is 0.692. The van der Waals surface area contributed by atoms with E-state index in [1.807, 2.05) is 24.3 Å². The highest BCUT2D eigenvalue weighted by Crippen LogP contribution is 2.30. The molecule has 0 radical (unpaired) electrons. The van der Waals surface area contributed by atoms with Crippen molar-refractivity contribution in [2.75, 3.05) is 11.4 Å². The minimum absolute atomic E-state index is 0.0328. The van der Waals surface area contributed by atoms with Gasteiger partial charge >= 0.3 is 0 Å². The van der Waals surface area contributed by atoms with E-state index in [2.05, 4.69) is 35.3 Å². The molecule has 4 rings (SSSR count). The molecule has 0 bridgehead atoms. The molecule has 3 heteroatoms. The Labute approximate surface area is 134 Å². The minimum atomic E-state index is 0.0328. The Kier molecular flexibility index (Phi) is 3.39. The van der Waals surface area contributed by atoms with Crippen LogP contribution in [0.1, 0.15) is 12.0 Å². The third kappa shape index (κ3) is 2.50. The summed E-state index contributed by atoms with van der Waals surface area (Å²) in [6.07, 6.45) is 6.05. The third-order valence-electron chi connectivity index (χ3n) is 4.28. The predicted molar refractivity (Wildman–Crippen MR) is 93.1 cm³/mol. The van der Waals surface area contributed by atoms with Gasteiger partial charge in [0.15, 0.2) is 0 Å². The van der Waals surface area contributed by atoms with E-state index in [1.54, 1.807) is 23.4 Å². The number of benzene rings is 2. The van der Waals surface area contributed by atoms with Gasteiger partial charge in [0.1, 0.15) is 0 Å². The van der Waals surface area contributed by atoms with Crippen LogP contribution in [0.15, 0.2) is 73.1 Å². The van der Waals surface area contributed by atoms with E-state index in [0.29, 0.717) is 6.54 Å². The second kappa shape index (κ2) is 5.69. The largest absolute Gasteiger partial charge is 0.308 e. The van der Waals surface area contributed by atoms with Gasteiger partial charge < -0.3 is 4.90 Å². The van der Waals surface area contributed by atoms with Gasteiger partial charge in [0.2, 0.25) is 0 Å². The summed E-state index contributed by atoms with van der Waals surface area (Å²) in [7, 11) is 0. The van der Waals surface area contributed by atoms with Crippen LogP contribution in [-0.2, 0) is 4.79 Å². The normalized spacial score (nSPS) is 14.9. The van der Waals surface area contributed by atoms with Crippen molar-refractivity contribution < 1.29 is 4.79 Å². The number of hydrogen-bond donors (Lipinski definition) is 0. The fourth-order valence-electron chi connectivity index (χ4n) is 3.14. The van der Waals surface area contributed by atoms with E-state index in [9.17, 15) is 4.79 Å². The second-order valence-electron chi connectivity index (χ2n) is 5.64. The van der Waals surface area contributed by atoms with Gasteiger partial charge in [0.25, 0.3) is 5.91 Å². The molecule has 0 N–H and O–H groups in total. The number of pyridine rings is 1. The molecule has 0 spiro atoms. The molecule has 23 heavy (non-hydrogen) atoms. The molecule has 112 valence electrons. The van der Waals surface area contributed by atoms with Crippen LogP contribution in [0, 0.1) is 0 Å². The van der Waals surface area contributed by atoms with Crippen LogP contribution in [-0.4, -0.2) is 17.4 Å². The van der Waals surface area contributed by atoms with Crippen molar-refractivity contribution in [3.8, 4) is 0 Å². The molecule has 0 atom stereocenters. The number of carbonyl (C=O) groups excluding carboxylic acids is 1. The average Bonchev–Trinajstić information content (AvgIpc) is 2.62. The molecule has 0 unspecified atom stereocenters. The molecule has 1 aliphatic rings. The lowest BCUT2D eigenvalue weighted by Crippen LogP contribution is -2.33. The molecule has 0 saturated heterocycles. The number of anilines is 1. The highest BCUT2D eigenvalue weighted by Gasteiger charge is 2.21. The van der Waals surface area contributed by atoms with Gasteiger partial charge in [-0.1, -0.05) is 42.5 Å². The number of rotatable bonds is 2. The molecule has 0 aliphatic carbocycles. The summed E-state index contributed by atoms with van der Waals surface area (Å²) in [5, 5.41) is 2.40. The maximum absolute atomic E-state index is 12.5. The van der Waals surface area contributed by atoms with Crippen molar-refractivity contribution in [2.45, 2.75) is 6.42 Å². The molecule has 3 aromatic rings. The highest BCUT2D eigenvalue weighted by atomic mass is 16.2. The maximum atomic E-state index is 12.5. The van der Waals surface area contributed by atoms with Crippen molar-refractivity contribution in [1.29, 1.82) is 0 Å². The van der Waals surface area contributed by atoms with Crippen molar-refractivity contribution in [2.24, 2.45) is 0 Å². The third-order valence-corrected chi connectivity index (χ3v) is 4.28. The van der Waals surface area contributed by atoms with E-state index in [4.69, 9.17) is 0 Å². The van der Waals surface area contributed by atoms with Gasteiger partial charge in [0, 0.05) is 30.7 Å². The molecular weight excluding hydrogens is 284 g/mol. The first-order valence-electron chi connectivity index (χ1n) is 7.73. The zero-order chi connectivity index (χ0) is 15.6. The average molecular weight is 300 g/mol. The number of hydrogen-bond acceptors (Lipinski definition) is 2. The summed E-state index contributed by atoms with van der Waals surface area (Å²) >= 11 is 0. The lowest BCUT2D eigenvalue weighted by Gasteiger charge is -2.27. The Morgan fingerprint density at radius 1 is 0.913 bits per heavy atom. The smallest absolute Gasteiger partial charge is 0.251 e. The Balaban J connectivity index is 1.73. The SMILES string of the molecule is O=C1C=C(c2cccc3ccccc23)CCN1c1ccncc1. The molecule has 0 saturated carbocycles. The molecule has 1 aliphatic heterocycles. The van der Waals surface area contributed by atoms with Crippen molar-refractivity contribution in [3.63, 3.8) is 0 Å². The van der Waals surface area contributed by atoms with E-state index < -0.39 is 0 Å². The Bertz CT molecular complexity index is 894. The Morgan fingerprint density at radius 2 is 1.70 bits per heavy atom. The van der Waals surface area contributed by atoms with Crippen LogP contribution in [0.3, 0.4) is 0 Å². The molecule has 1 aromatic heterocycles. The van der Waals surface area contributed by atoms with Crippen LogP contribution >= 0.6 is 0 Å². The molecule has 2 heterocycles. The lowest BCUT2D eigenvalue weighted by molar-refractivity contribution is -0.114. The van der Waals surface area contributed by atoms with Gasteiger partial charge in [0.05, 0.1) is 0 Å². The number of aromatic nitrogens is 1. The van der Waals surface area contributed by atoms with E-state index in [1.165, 1.54) is 10.8 Å². The Hall–Kier alpha value is -2.94. The molecule has 2 aromatic carbocycles. The quantitative estimate of drug-likeness (QED) is 0.715. The van der Waals surface area contributed by atoms with Crippen LogP contribution in [0.2, 0.25) is 0 Å². The molecule has 3 nitrogen and oxygen atoms in total. The number of carbonyl (C=O) groups is 1. The minimum Gasteiger partial charge on any atom is -0.308 e. The van der Waals surface area contributed by atoms with Crippen molar-refractivity contribution in [3.05, 3.63) is 78.6 Å². The summed E-state index contributed by atoms with van der Waals surface area (Å²) < 4.78 is 0. The summed E-state index contributed by atoms with van der Waals surface area (Å²) in [5.74, 6) is 0.0328. The highest BCUT2D eigenvalue weighted by molar-refractivity contribution is 6.09. The number of fused-ring (bicyclic) bond motifs is 1. The maximum Gasteiger partial charge on any atom is 0.251 e. The van der Waals surface area contributed by atoms with Crippen LogP contribution in [0.4, 0.5) is 5.69 Å². The van der Waals surface area contributed by atoms with Crippen LogP contribution in [0.5, 0.6) is 0 Å².